The minimum absolute atomic E-state index is 0.121. The molecule has 0 amide bonds. The molecular formula is C20H22O8. The van der Waals surface area contributed by atoms with E-state index in [2.05, 4.69) is 0 Å². The van der Waals surface area contributed by atoms with Gasteiger partial charge >= 0.3 is 5.97 Å². The van der Waals surface area contributed by atoms with Crippen LogP contribution in [0.3, 0.4) is 0 Å². The molecule has 5 N–H and O–H groups in total. The third-order valence-electron chi connectivity index (χ3n) is 4.57. The summed E-state index contributed by atoms with van der Waals surface area (Å²) in [5.74, 6) is -0.609. The van der Waals surface area contributed by atoms with Gasteiger partial charge in [0.15, 0.2) is 0 Å². The maximum absolute atomic E-state index is 11.0. The predicted molar refractivity (Wildman–Crippen MR) is 97.6 cm³/mol. The molecule has 8 nitrogen and oxygen atoms in total. The summed E-state index contributed by atoms with van der Waals surface area (Å²) >= 11 is 0. The van der Waals surface area contributed by atoms with Crippen LogP contribution in [0.25, 0.3) is 11.1 Å². The molecule has 2 aromatic carbocycles. The van der Waals surface area contributed by atoms with E-state index in [4.69, 9.17) is 14.6 Å². The Morgan fingerprint density at radius 3 is 2.46 bits per heavy atom. The molecule has 1 saturated heterocycles. The average molecular weight is 390 g/mol. The Bertz CT molecular complexity index is 821. The molecule has 1 aliphatic heterocycles. The van der Waals surface area contributed by atoms with E-state index in [1.807, 2.05) is 0 Å². The van der Waals surface area contributed by atoms with Crippen molar-refractivity contribution in [2.45, 2.75) is 37.1 Å². The number of carboxylic acids is 1. The van der Waals surface area contributed by atoms with Gasteiger partial charge in [-0.3, -0.25) is 4.79 Å². The summed E-state index contributed by atoms with van der Waals surface area (Å²) in [7, 11) is 0. The van der Waals surface area contributed by atoms with E-state index in [1.165, 1.54) is 0 Å². The molecule has 5 atom stereocenters. The van der Waals surface area contributed by atoms with Crippen molar-refractivity contribution < 1.29 is 39.8 Å². The van der Waals surface area contributed by atoms with Crippen molar-refractivity contribution in [3.05, 3.63) is 54.1 Å². The van der Waals surface area contributed by atoms with Gasteiger partial charge < -0.3 is 35.0 Å². The Labute approximate surface area is 161 Å². The largest absolute Gasteiger partial charge is 0.481 e. The Kier molecular flexibility index (Phi) is 6.28. The lowest BCUT2D eigenvalue weighted by molar-refractivity contribution is -0.277. The highest BCUT2D eigenvalue weighted by Crippen LogP contribution is 2.33. The molecule has 0 radical (unpaired) electrons. The van der Waals surface area contributed by atoms with Gasteiger partial charge in [0.2, 0.25) is 6.29 Å². The molecule has 1 heterocycles. The normalized spacial score (nSPS) is 27.4. The minimum Gasteiger partial charge on any atom is -0.481 e. The number of aliphatic hydroxyl groups is 4. The quantitative estimate of drug-likeness (QED) is 0.470. The fourth-order valence-corrected chi connectivity index (χ4v) is 3.12. The summed E-state index contributed by atoms with van der Waals surface area (Å²) in [6.45, 7) is -0.552. The second-order valence-corrected chi connectivity index (χ2v) is 6.58. The van der Waals surface area contributed by atoms with Crippen LogP contribution in [-0.4, -0.2) is 68.8 Å². The first kappa shape index (κ1) is 20.2. The predicted octanol–water partition coefficient (Wildman–Crippen LogP) is 0.159. The fraction of sp³-hybridized carbons (Fsp3) is 0.350. The SMILES string of the molecule is O=C(O)Cc1cccc(-c2ccccc2O[C@H]2O[C@H](CO)[C@@H](O)[C@H](O)[C@@H]2O)c1. The molecule has 1 aliphatic rings. The lowest BCUT2D eigenvalue weighted by Crippen LogP contribution is -2.60. The van der Waals surface area contributed by atoms with Crippen molar-refractivity contribution in [2.75, 3.05) is 6.61 Å². The Morgan fingerprint density at radius 2 is 1.75 bits per heavy atom. The molecule has 3 rings (SSSR count). The number of para-hydroxylation sites is 1. The van der Waals surface area contributed by atoms with Crippen LogP contribution < -0.4 is 4.74 Å². The van der Waals surface area contributed by atoms with Crippen LogP contribution >= 0.6 is 0 Å². The second kappa shape index (κ2) is 8.68. The maximum atomic E-state index is 11.0. The standard InChI is InChI=1S/C20H22O8/c21-10-15-17(24)18(25)19(26)20(28-15)27-14-7-2-1-6-13(14)12-5-3-4-11(8-12)9-16(22)23/h1-8,15,17-21,24-26H,9-10H2,(H,22,23)/t15-,17-,18+,19+,20+/m1/s1. The number of carbonyl (C=O) groups is 1. The number of benzene rings is 2. The average Bonchev–Trinajstić information content (AvgIpc) is 2.68. The van der Waals surface area contributed by atoms with E-state index in [0.717, 1.165) is 0 Å². The van der Waals surface area contributed by atoms with Crippen molar-refractivity contribution in [1.29, 1.82) is 0 Å². The first-order chi connectivity index (χ1) is 13.4. The van der Waals surface area contributed by atoms with E-state index in [0.29, 0.717) is 22.4 Å². The summed E-state index contributed by atoms with van der Waals surface area (Å²) in [6, 6.07) is 13.9. The van der Waals surface area contributed by atoms with Crippen LogP contribution in [0.5, 0.6) is 5.75 Å². The highest BCUT2D eigenvalue weighted by Gasteiger charge is 2.44. The van der Waals surface area contributed by atoms with Gasteiger partial charge in [-0.15, -0.1) is 0 Å². The molecular weight excluding hydrogens is 368 g/mol. The Morgan fingerprint density at radius 1 is 1.00 bits per heavy atom. The number of rotatable bonds is 6. The smallest absolute Gasteiger partial charge is 0.307 e. The van der Waals surface area contributed by atoms with Gasteiger partial charge in [-0.05, 0) is 17.2 Å². The Hall–Kier alpha value is -2.49. The molecule has 0 aromatic heterocycles. The van der Waals surface area contributed by atoms with E-state index in [-0.39, 0.29) is 6.42 Å². The van der Waals surface area contributed by atoms with Gasteiger partial charge in [0, 0.05) is 5.56 Å². The topological polar surface area (TPSA) is 137 Å². The van der Waals surface area contributed by atoms with Gasteiger partial charge in [0.25, 0.3) is 0 Å². The summed E-state index contributed by atoms with van der Waals surface area (Å²) in [6.07, 6.45) is -7.04. The molecule has 0 aliphatic carbocycles. The van der Waals surface area contributed by atoms with Crippen LogP contribution in [0, 0.1) is 0 Å². The van der Waals surface area contributed by atoms with Crippen molar-refractivity contribution >= 4 is 5.97 Å². The molecule has 0 bridgehead atoms. The second-order valence-electron chi connectivity index (χ2n) is 6.58. The van der Waals surface area contributed by atoms with E-state index in [1.54, 1.807) is 48.5 Å². The van der Waals surface area contributed by atoms with Crippen LogP contribution in [0.1, 0.15) is 5.56 Å². The van der Waals surface area contributed by atoms with Crippen molar-refractivity contribution in [3.63, 3.8) is 0 Å². The third kappa shape index (κ3) is 4.32. The molecule has 0 unspecified atom stereocenters. The van der Waals surface area contributed by atoms with Crippen LogP contribution in [0.4, 0.5) is 0 Å². The van der Waals surface area contributed by atoms with Crippen molar-refractivity contribution in [3.8, 4) is 16.9 Å². The van der Waals surface area contributed by atoms with Crippen molar-refractivity contribution in [2.24, 2.45) is 0 Å². The first-order valence-corrected chi connectivity index (χ1v) is 8.78. The monoisotopic (exact) mass is 390 g/mol. The van der Waals surface area contributed by atoms with E-state index < -0.39 is 43.3 Å². The minimum atomic E-state index is -1.54. The van der Waals surface area contributed by atoms with Gasteiger partial charge in [0.1, 0.15) is 30.2 Å². The fourth-order valence-electron chi connectivity index (χ4n) is 3.12. The summed E-state index contributed by atoms with van der Waals surface area (Å²) in [5.41, 5.74) is 1.96. The first-order valence-electron chi connectivity index (χ1n) is 8.78. The highest BCUT2D eigenvalue weighted by atomic mass is 16.7. The highest BCUT2D eigenvalue weighted by molar-refractivity contribution is 5.74. The van der Waals surface area contributed by atoms with Crippen LogP contribution in [-0.2, 0) is 16.0 Å². The van der Waals surface area contributed by atoms with Gasteiger partial charge in [-0.1, -0.05) is 42.5 Å². The Balaban J connectivity index is 1.88. The van der Waals surface area contributed by atoms with Crippen LogP contribution in [0.15, 0.2) is 48.5 Å². The zero-order valence-electron chi connectivity index (χ0n) is 14.9. The zero-order chi connectivity index (χ0) is 20.3. The van der Waals surface area contributed by atoms with E-state index >= 15 is 0 Å². The number of hydrogen-bond donors (Lipinski definition) is 5. The number of aliphatic carboxylic acids is 1. The molecule has 8 heteroatoms. The van der Waals surface area contributed by atoms with Gasteiger partial charge in [-0.25, -0.2) is 0 Å². The lowest BCUT2D eigenvalue weighted by Gasteiger charge is -2.39. The third-order valence-corrected chi connectivity index (χ3v) is 4.57. The number of aliphatic hydroxyl groups excluding tert-OH is 4. The maximum Gasteiger partial charge on any atom is 0.307 e. The number of carboxylic acid groups (broad SMARTS) is 1. The van der Waals surface area contributed by atoms with E-state index in [9.17, 15) is 25.2 Å². The molecule has 1 fully saturated rings. The summed E-state index contributed by atoms with van der Waals surface area (Å²) < 4.78 is 11.1. The number of hydrogen-bond acceptors (Lipinski definition) is 7. The van der Waals surface area contributed by atoms with Crippen molar-refractivity contribution in [1.82, 2.24) is 0 Å². The van der Waals surface area contributed by atoms with Gasteiger partial charge in [0.05, 0.1) is 13.0 Å². The summed E-state index contributed by atoms with van der Waals surface area (Å²) in [4.78, 5) is 11.0. The zero-order valence-corrected chi connectivity index (χ0v) is 14.9. The number of ether oxygens (including phenoxy) is 2. The molecule has 0 saturated carbocycles. The molecule has 28 heavy (non-hydrogen) atoms. The molecule has 2 aromatic rings. The molecule has 150 valence electrons. The van der Waals surface area contributed by atoms with Gasteiger partial charge in [-0.2, -0.15) is 0 Å². The lowest BCUT2D eigenvalue weighted by atomic mass is 9.99. The molecule has 0 spiro atoms. The summed E-state index contributed by atoms with van der Waals surface area (Å²) in [5, 5.41) is 48.3. The van der Waals surface area contributed by atoms with Crippen LogP contribution in [0.2, 0.25) is 0 Å².